The van der Waals surface area contributed by atoms with E-state index in [1.54, 1.807) is 63.4 Å². The van der Waals surface area contributed by atoms with Crippen LogP contribution in [0.5, 0.6) is 0 Å². The molecular weight excluding hydrogens is 1930 g/mol. The lowest BCUT2D eigenvalue weighted by Crippen LogP contribution is -2.40. The normalized spacial score (nSPS) is 14.1. The Morgan fingerprint density at radius 3 is 1.24 bits per heavy atom. The number of nitrogens with one attached hydrogen (secondary N) is 13. The maximum absolute atomic E-state index is 12.6. The van der Waals surface area contributed by atoms with Crippen molar-refractivity contribution in [2.45, 2.75) is 163 Å². The summed E-state index contributed by atoms with van der Waals surface area (Å²) >= 11 is 10.2. The summed E-state index contributed by atoms with van der Waals surface area (Å²) in [4.78, 5) is 91.0. The monoisotopic (exact) mass is 2030 g/mol. The molecule has 0 atom stereocenters. The van der Waals surface area contributed by atoms with Gasteiger partial charge in [-0.05, 0) is 140 Å². The molecule has 5 aliphatic carbocycles. The number of carbonyl (C=O) groups excluding carboxylic acids is 4. The smallest absolute Gasteiger partial charge is 0.250 e. The molecule has 0 aromatic carbocycles. The number of sulfonamides is 3. The second-order valence-corrected chi connectivity index (χ2v) is 45.0. The van der Waals surface area contributed by atoms with Gasteiger partial charge in [-0.15, -0.1) is 58.3 Å². The van der Waals surface area contributed by atoms with Crippen LogP contribution < -0.4 is 52.2 Å². The maximum Gasteiger partial charge on any atom is 0.250 e. The molecule has 19 rings (SSSR count). The largest absolute Gasteiger partial charge is 0.324 e. The topological polar surface area (TPSA) is 649 Å². The van der Waals surface area contributed by atoms with Crippen molar-refractivity contribution in [2.75, 3.05) is 43.5 Å². The third-order valence-corrected chi connectivity index (χ3v) is 31.7. The van der Waals surface area contributed by atoms with E-state index in [-0.39, 0.29) is 67.2 Å². The first-order chi connectivity index (χ1) is 65.0. The summed E-state index contributed by atoms with van der Waals surface area (Å²) < 4.78 is 97.6. The number of aromatic nitrogens is 20. The number of hydrogen-bond donors (Lipinski definition) is 15. The van der Waals surface area contributed by atoms with Crippen LogP contribution in [-0.2, 0) is 60.7 Å². The van der Waals surface area contributed by atoms with E-state index < -0.39 is 45.4 Å². The molecule has 2 amide bonds. The molecule has 5 fully saturated rings. The number of carbonyl (C=O) groups is 4. The molecule has 5 aliphatic rings. The van der Waals surface area contributed by atoms with Gasteiger partial charge in [0.05, 0.1) is 56.2 Å². The Labute approximate surface area is 813 Å². The first kappa shape index (κ1) is 96.9. The number of halogens is 1. The zero-order chi connectivity index (χ0) is 96.4. The van der Waals surface area contributed by atoms with E-state index in [0.29, 0.717) is 178 Å². The summed E-state index contributed by atoms with van der Waals surface area (Å²) in [5.74, 6) is 11.1. The number of nitrogens with two attached hydrogens (primary N) is 2. The number of sulfone groups is 1. The third-order valence-electron chi connectivity index (χ3n) is 20.2. The number of ketones is 2. The van der Waals surface area contributed by atoms with Crippen LogP contribution in [0.2, 0.25) is 5.02 Å². The van der Waals surface area contributed by atoms with Gasteiger partial charge < -0.3 is 37.2 Å². The van der Waals surface area contributed by atoms with Crippen LogP contribution in [0.4, 0.5) is 69.6 Å². The first-order valence-corrected chi connectivity index (χ1v) is 51.9. The molecule has 0 unspecified atom stereocenters. The lowest BCUT2D eigenvalue weighted by atomic mass is 10.1. The van der Waals surface area contributed by atoms with E-state index in [0.717, 1.165) is 112 Å². The zero-order valence-corrected chi connectivity index (χ0v) is 79.8. The molecule has 0 saturated heterocycles. The van der Waals surface area contributed by atoms with Crippen LogP contribution in [0.1, 0.15) is 198 Å². The first-order valence-electron chi connectivity index (χ1n) is 41.7. The number of terminal acetylenes is 1. The molecule has 17 N–H and O–H groups in total. The summed E-state index contributed by atoms with van der Waals surface area (Å²) in [6.07, 6.45) is 29.1. The molecule has 136 heavy (non-hydrogen) atoms. The second-order valence-electron chi connectivity index (χ2n) is 32.5. The number of thiophene rings is 4. The van der Waals surface area contributed by atoms with Gasteiger partial charge in [-0.2, -0.15) is 30.8 Å². The molecule has 14 heterocycles. The van der Waals surface area contributed by atoms with E-state index in [4.69, 9.17) is 33.6 Å². The number of rotatable bonds is 35. The van der Waals surface area contributed by atoms with Gasteiger partial charge in [-0.3, -0.25) is 44.7 Å². The number of Topliss-reactive ketones (excluding diaryl/α,β-unsaturated/α-hetero) is 2. The van der Waals surface area contributed by atoms with Crippen LogP contribution in [0.3, 0.4) is 0 Å². The van der Waals surface area contributed by atoms with Crippen molar-refractivity contribution in [1.29, 1.82) is 5.26 Å². The average molecular weight is 2030 g/mol. The van der Waals surface area contributed by atoms with Gasteiger partial charge in [0.1, 0.15) is 39.1 Å². The summed E-state index contributed by atoms with van der Waals surface area (Å²) in [7, 11) is -14.5. The molecular formula is C84H106ClN31O12S8. The Morgan fingerprint density at radius 2 is 0.875 bits per heavy atom. The van der Waals surface area contributed by atoms with E-state index in [1.807, 2.05) is 36.4 Å². The highest BCUT2D eigenvalue weighted by Gasteiger charge is 2.33. The molecule has 52 heteroatoms. The number of H-pyrrole nitrogens is 5. The minimum atomic E-state index is -3.82. The van der Waals surface area contributed by atoms with Gasteiger partial charge in [-0.25, -0.2) is 98.5 Å². The van der Waals surface area contributed by atoms with Crippen molar-refractivity contribution >= 4 is 191 Å². The number of hydrogen-bond acceptors (Lipinski definition) is 37. The Hall–Kier alpha value is -13.7. The molecule has 0 bridgehead atoms. The summed E-state index contributed by atoms with van der Waals surface area (Å²) in [6.45, 7) is 8.94. The Morgan fingerprint density at radius 1 is 0.515 bits per heavy atom. The van der Waals surface area contributed by atoms with E-state index >= 15 is 0 Å². The molecule has 14 aromatic rings. The SMILES string of the molecule is C#Cc1cnc(-c2ccc(S(C)(=O)=O)s2)nc1Nc1cc(C2CC2)[nH]n1.C=CCCC(=O)c1ncc(Cl)c(Nc2cc(C3CC3)[nH]n2)n1.CC(C)(C)NS(=O)(=O)c1ccc(-c2ncc(NC=O)c(Nc3cc(C4CC4)[nH]n3)n2)s1.N#CCC(=O)Cc1cnc(-c2ccc(S(N)(=O)=O)s2)nc1Nc1cc(C2CC2)[nH]n1.NS(=O)(=O)c1ccc(-c2ncc(NC=O)c(Nc3cc(C4CC4)[nH]n3)n2)s1.[HH].[HH].[HH].[HH].[HH].[HH].[HH].[HH].[HH].[HH]. The fourth-order valence-electron chi connectivity index (χ4n) is 12.8. The van der Waals surface area contributed by atoms with Gasteiger partial charge in [-0.1, -0.05) is 23.6 Å². The standard InChI is InChI=1S/C19H23N7O3S2.C18H17N7O3S2.C17H15N5O2S2.C15H16ClN5O.C15H15N7O3S2.10H2/c1-19(2,3)26-31(28,29)16-7-6-14(30-16)18-20-9-13(21-10-27)17(23-18)22-15-8-12(24-25-15)11-4-5-11;19-6-5-12(26)7-11-9-21-18(14-3-4-16(29-14)30(20,27)28)23-17(11)22-15-8-13(24-25-15)10-1-2-10;1-3-10-9-18-17(13-6-7-15(25-13)26(2,23)24)20-16(10)19-14-8-12(21-22-14)11-4-5-11;1-2-3-4-12(22)15-17-8-10(16)14(19-15)18-13-7-11(20-21-13)9-5-6-9;16-27(24,25)13-4-3-11(26-13)15-17-6-10(18-7-23)14(20-15)19-12-5-9(21-22-12)8-1-2-8;;;;;;;;;;/h6-11,26H,4-5H2,1-3H3,(H,21,27)(H2,20,22,23,24,25);3-4,8-10H,1-2,5,7H2,(H2,20,27,28)(H2,21,22,23,24,25);1,6-9,11H,4-5H2,2H3,(H2,18,19,20,21,22);2,7-9H,1,3-6H2,(H2,17,18,19,20,21);3-8H,1-2H2,(H,18,23)(H2,16,24,25)(H2,17,19,20,21,22);10*1H. The predicted molar refractivity (Wildman–Crippen MR) is 535 cm³/mol. The number of nitrogens with zero attached hydrogens (tertiary/aromatic N) is 16. The Kier molecular flexibility index (Phi) is 29.7. The summed E-state index contributed by atoms with van der Waals surface area (Å²) in [6, 6.07) is 23.8. The van der Waals surface area contributed by atoms with Gasteiger partial charge in [0.15, 0.2) is 103 Å². The summed E-state index contributed by atoms with van der Waals surface area (Å²) in [5, 5.41) is 76.0. The zero-order valence-electron chi connectivity index (χ0n) is 72.5. The van der Waals surface area contributed by atoms with E-state index in [1.165, 1.54) is 74.9 Å². The number of nitriles is 1. The van der Waals surface area contributed by atoms with Gasteiger partial charge >= 0.3 is 0 Å². The van der Waals surface area contributed by atoms with Crippen molar-refractivity contribution in [3.63, 3.8) is 0 Å². The second kappa shape index (κ2) is 41.6. The number of primary sulfonamides is 2. The molecule has 43 nitrogen and oxygen atoms in total. The Balaban J connectivity index is 0.000000317. The van der Waals surface area contributed by atoms with Crippen molar-refractivity contribution in [2.24, 2.45) is 10.3 Å². The van der Waals surface area contributed by atoms with Gasteiger partial charge in [0.2, 0.25) is 32.9 Å². The molecule has 0 radical (unpaired) electrons. The van der Waals surface area contributed by atoms with E-state index in [2.05, 4.69) is 155 Å². The molecule has 14 aromatic heterocycles. The summed E-state index contributed by atoms with van der Waals surface area (Å²) in [5.41, 5.74) is 6.51. The number of allylic oxidation sites excluding steroid dienone is 1. The molecule has 5 saturated carbocycles. The third kappa shape index (κ3) is 26.1. The van der Waals surface area contributed by atoms with Crippen LogP contribution >= 0.6 is 56.9 Å². The molecule has 724 valence electrons. The number of aromatic amines is 5. The molecule has 0 aliphatic heterocycles. The van der Waals surface area contributed by atoms with Crippen molar-refractivity contribution in [3.8, 4) is 61.2 Å². The highest BCUT2D eigenvalue weighted by molar-refractivity contribution is 7.93. The quantitative estimate of drug-likeness (QED) is 0.00759. The maximum atomic E-state index is 12.6. The number of anilines is 12. The van der Waals surface area contributed by atoms with Crippen LogP contribution in [0.25, 0.3) is 42.8 Å². The van der Waals surface area contributed by atoms with Gasteiger partial charge in [0.25, 0.3) is 10.0 Å². The lowest BCUT2D eigenvalue weighted by molar-refractivity contribution is -0.117. The lowest BCUT2D eigenvalue weighted by Gasteiger charge is -2.19. The average Bonchev–Trinajstić information content (AvgIpc) is 1.62. The van der Waals surface area contributed by atoms with Crippen molar-refractivity contribution < 1.29 is 67.1 Å². The van der Waals surface area contributed by atoms with Crippen LogP contribution in [0.15, 0.2) is 139 Å². The number of amides is 2. The van der Waals surface area contributed by atoms with Crippen molar-refractivity contribution in [1.82, 2.24) is 106 Å². The minimum Gasteiger partial charge on any atom is -0.324 e. The predicted octanol–water partition coefficient (Wildman–Crippen LogP) is 16.2. The fraction of sp³-hybridized carbons (Fsp3) is 0.286. The van der Waals surface area contributed by atoms with E-state index in [9.17, 15) is 52.8 Å². The van der Waals surface area contributed by atoms with Gasteiger partial charge in [0, 0.05) is 145 Å². The van der Waals surface area contributed by atoms with Crippen LogP contribution in [-0.4, -0.2) is 171 Å². The molecule has 0 spiro atoms. The van der Waals surface area contributed by atoms with Crippen LogP contribution in [0, 0.1) is 23.7 Å². The highest BCUT2D eigenvalue weighted by Crippen LogP contribution is 2.45. The fourth-order valence-corrected chi connectivity index (χ4v) is 20.8. The minimum absolute atomic E-state index is 0. The highest BCUT2D eigenvalue weighted by atomic mass is 35.5. The Bertz CT molecular complexity index is 7440. The van der Waals surface area contributed by atoms with Crippen molar-refractivity contribution in [3.05, 3.63) is 173 Å².